The maximum absolute atomic E-state index is 12.1. The monoisotopic (exact) mass is 332 g/mol. The largest absolute Gasteiger partial charge is 0.548 e. The van der Waals surface area contributed by atoms with Gasteiger partial charge in [0.25, 0.3) is 0 Å². The van der Waals surface area contributed by atoms with Gasteiger partial charge in [0.15, 0.2) is 0 Å². The number of carboxylic acids is 1. The number of rotatable bonds is 6. The Labute approximate surface area is 137 Å². The standard InChI is InChI=1S/C17H19NO6/c1-3-13(16(21)22)18-15(20)7-6-12-9(2)11-5-4-10(19)8-14(11)24-17(12)23/h4-5,8,13,19H,3,6-7H2,1-2H3,(H,18,20)(H,21,22)/p-1/t13-/m1/s1. The van der Waals surface area contributed by atoms with Gasteiger partial charge in [-0.2, -0.15) is 0 Å². The second-order valence-electron chi connectivity index (χ2n) is 5.52. The lowest BCUT2D eigenvalue weighted by molar-refractivity contribution is -0.308. The molecule has 7 nitrogen and oxygen atoms in total. The molecule has 7 heteroatoms. The van der Waals surface area contributed by atoms with E-state index in [1.165, 1.54) is 12.1 Å². The molecular formula is C17H18NO6-. The van der Waals surface area contributed by atoms with Crippen molar-refractivity contribution >= 4 is 22.8 Å². The quantitative estimate of drug-likeness (QED) is 0.738. The van der Waals surface area contributed by atoms with E-state index in [-0.39, 0.29) is 30.6 Å². The van der Waals surface area contributed by atoms with E-state index in [2.05, 4.69) is 5.32 Å². The van der Waals surface area contributed by atoms with Crippen molar-refractivity contribution in [3.63, 3.8) is 0 Å². The normalized spacial score (nSPS) is 12.1. The SMILES string of the molecule is CC[C@@H](NC(=O)CCc1c(C)c2ccc(O)cc2oc1=O)C(=O)[O-]. The first-order valence-electron chi connectivity index (χ1n) is 7.59. The van der Waals surface area contributed by atoms with Crippen molar-refractivity contribution in [2.75, 3.05) is 0 Å². The van der Waals surface area contributed by atoms with Gasteiger partial charge in [0.05, 0.1) is 12.0 Å². The summed E-state index contributed by atoms with van der Waals surface area (Å²) in [5.41, 5.74) is 0.713. The van der Waals surface area contributed by atoms with Crippen LogP contribution in [-0.2, 0) is 16.0 Å². The number of aliphatic carboxylic acids is 1. The summed E-state index contributed by atoms with van der Waals surface area (Å²) in [6.07, 6.45) is 0.300. The Bertz CT molecular complexity index is 839. The molecule has 0 fully saturated rings. The highest BCUT2D eigenvalue weighted by Crippen LogP contribution is 2.23. The zero-order valence-electron chi connectivity index (χ0n) is 13.4. The Hall–Kier alpha value is -2.83. The van der Waals surface area contributed by atoms with E-state index in [1.807, 2.05) is 0 Å². The number of phenolic OH excluding ortho intramolecular Hbond substituents is 1. The van der Waals surface area contributed by atoms with Crippen molar-refractivity contribution in [1.29, 1.82) is 0 Å². The molecule has 128 valence electrons. The predicted octanol–water partition coefficient (Wildman–Crippen LogP) is 0.384. The van der Waals surface area contributed by atoms with Gasteiger partial charge in [-0.15, -0.1) is 0 Å². The van der Waals surface area contributed by atoms with Gasteiger partial charge in [0.1, 0.15) is 11.3 Å². The number of phenols is 1. The molecule has 1 amide bonds. The fourth-order valence-electron chi connectivity index (χ4n) is 2.50. The van der Waals surface area contributed by atoms with Crippen LogP contribution in [0.4, 0.5) is 0 Å². The van der Waals surface area contributed by atoms with Crippen LogP contribution in [0.2, 0.25) is 0 Å². The number of hydrogen-bond donors (Lipinski definition) is 2. The predicted molar refractivity (Wildman–Crippen MR) is 84.4 cm³/mol. The van der Waals surface area contributed by atoms with E-state index in [1.54, 1.807) is 19.9 Å². The minimum absolute atomic E-state index is 0.00920. The molecular weight excluding hydrogens is 314 g/mol. The lowest BCUT2D eigenvalue weighted by Gasteiger charge is -2.17. The van der Waals surface area contributed by atoms with Crippen LogP contribution in [0.15, 0.2) is 27.4 Å². The Kier molecular flexibility index (Phi) is 5.23. The summed E-state index contributed by atoms with van der Waals surface area (Å²) in [6.45, 7) is 3.36. The Morgan fingerprint density at radius 2 is 2.08 bits per heavy atom. The van der Waals surface area contributed by atoms with E-state index in [9.17, 15) is 24.6 Å². The lowest BCUT2D eigenvalue weighted by Crippen LogP contribution is -2.47. The summed E-state index contributed by atoms with van der Waals surface area (Å²) in [6, 6.07) is 3.42. The summed E-state index contributed by atoms with van der Waals surface area (Å²) in [7, 11) is 0. The molecule has 0 radical (unpaired) electrons. The van der Waals surface area contributed by atoms with Gasteiger partial charge in [-0.1, -0.05) is 6.92 Å². The molecule has 0 spiro atoms. The van der Waals surface area contributed by atoms with Crippen molar-refractivity contribution in [3.8, 4) is 5.75 Å². The maximum Gasteiger partial charge on any atom is 0.339 e. The van der Waals surface area contributed by atoms with Crippen molar-refractivity contribution < 1.29 is 24.2 Å². The number of benzene rings is 1. The summed E-state index contributed by atoms with van der Waals surface area (Å²) < 4.78 is 5.18. The molecule has 0 aliphatic heterocycles. The van der Waals surface area contributed by atoms with Crippen LogP contribution in [0, 0.1) is 6.92 Å². The van der Waals surface area contributed by atoms with Gasteiger partial charge in [-0.05, 0) is 37.5 Å². The molecule has 0 bridgehead atoms. The number of hydrogen-bond acceptors (Lipinski definition) is 6. The molecule has 2 rings (SSSR count). The molecule has 0 aliphatic carbocycles. The number of carbonyl (C=O) groups is 2. The third-order valence-electron chi connectivity index (χ3n) is 3.90. The van der Waals surface area contributed by atoms with E-state index >= 15 is 0 Å². The molecule has 0 unspecified atom stereocenters. The first-order valence-corrected chi connectivity index (χ1v) is 7.59. The number of carbonyl (C=O) groups excluding carboxylic acids is 2. The smallest absolute Gasteiger partial charge is 0.339 e. The van der Waals surface area contributed by atoms with Gasteiger partial charge in [0.2, 0.25) is 5.91 Å². The number of aromatic hydroxyl groups is 1. The molecule has 2 N–H and O–H groups in total. The molecule has 1 atom stereocenters. The minimum atomic E-state index is -1.34. The summed E-state index contributed by atoms with van der Waals surface area (Å²) in [5, 5.41) is 23.3. The van der Waals surface area contributed by atoms with Crippen LogP contribution in [0.3, 0.4) is 0 Å². The number of aryl methyl sites for hydroxylation is 1. The van der Waals surface area contributed by atoms with Crippen LogP contribution in [0.1, 0.15) is 30.9 Å². The minimum Gasteiger partial charge on any atom is -0.548 e. The summed E-state index contributed by atoms with van der Waals surface area (Å²) >= 11 is 0. The summed E-state index contributed by atoms with van der Waals surface area (Å²) in [5.74, 6) is -1.83. The van der Waals surface area contributed by atoms with Gasteiger partial charge in [-0.25, -0.2) is 4.79 Å². The van der Waals surface area contributed by atoms with Gasteiger partial charge < -0.3 is 24.7 Å². The Morgan fingerprint density at radius 3 is 2.71 bits per heavy atom. The molecule has 0 aliphatic rings. The third-order valence-corrected chi connectivity index (χ3v) is 3.90. The molecule has 0 saturated heterocycles. The second kappa shape index (κ2) is 7.16. The molecule has 2 aromatic rings. The highest BCUT2D eigenvalue weighted by molar-refractivity contribution is 5.84. The number of carboxylic acid groups (broad SMARTS) is 1. The second-order valence-corrected chi connectivity index (χ2v) is 5.52. The Balaban J connectivity index is 2.18. The van der Waals surface area contributed by atoms with Gasteiger partial charge in [-0.3, -0.25) is 4.79 Å². The zero-order chi connectivity index (χ0) is 17.9. The Morgan fingerprint density at radius 1 is 1.38 bits per heavy atom. The zero-order valence-corrected chi connectivity index (χ0v) is 13.4. The van der Waals surface area contributed by atoms with Crippen LogP contribution >= 0.6 is 0 Å². The van der Waals surface area contributed by atoms with E-state index < -0.39 is 23.5 Å². The summed E-state index contributed by atoms with van der Waals surface area (Å²) in [4.78, 5) is 34.7. The van der Waals surface area contributed by atoms with Crippen LogP contribution < -0.4 is 16.0 Å². The topological polar surface area (TPSA) is 120 Å². The fourth-order valence-corrected chi connectivity index (χ4v) is 2.50. The lowest BCUT2D eigenvalue weighted by atomic mass is 10.0. The van der Waals surface area contributed by atoms with Gasteiger partial charge >= 0.3 is 5.63 Å². The number of fused-ring (bicyclic) bond motifs is 1. The average Bonchev–Trinajstić information content (AvgIpc) is 2.51. The van der Waals surface area contributed by atoms with E-state index in [0.717, 1.165) is 0 Å². The maximum atomic E-state index is 12.1. The third kappa shape index (κ3) is 3.73. The molecule has 1 heterocycles. The number of amides is 1. The van der Waals surface area contributed by atoms with E-state index in [4.69, 9.17) is 4.42 Å². The van der Waals surface area contributed by atoms with Crippen molar-refractivity contribution in [3.05, 3.63) is 39.7 Å². The van der Waals surface area contributed by atoms with Gasteiger partial charge in [0, 0.05) is 23.4 Å². The van der Waals surface area contributed by atoms with Crippen LogP contribution in [0.25, 0.3) is 11.0 Å². The highest BCUT2D eigenvalue weighted by atomic mass is 16.4. The van der Waals surface area contributed by atoms with Crippen molar-refractivity contribution in [2.24, 2.45) is 0 Å². The fraction of sp³-hybridized carbons (Fsp3) is 0.353. The number of nitrogens with one attached hydrogen (secondary N) is 1. The van der Waals surface area contributed by atoms with Crippen LogP contribution in [0.5, 0.6) is 5.75 Å². The van der Waals surface area contributed by atoms with Crippen LogP contribution in [-0.4, -0.2) is 23.0 Å². The molecule has 1 aromatic carbocycles. The highest BCUT2D eigenvalue weighted by Gasteiger charge is 2.15. The molecule has 0 saturated carbocycles. The van der Waals surface area contributed by atoms with Crippen molar-refractivity contribution in [2.45, 2.75) is 39.2 Å². The average molecular weight is 332 g/mol. The molecule has 24 heavy (non-hydrogen) atoms. The van der Waals surface area contributed by atoms with Crippen molar-refractivity contribution in [1.82, 2.24) is 5.32 Å². The van der Waals surface area contributed by atoms with E-state index in [0.29, 0.717) is 16.5 Å². The first kappa shape index (κ1) is 17.5. The molecule has 1 aromatic heterocycles. The first-order chi connectivity index (χ1) is 11.3.